The van der Waals surface area contributed by atoms with Gasteiger partial charge in [-0.15, -0.1) is 17.0 Å². The van der Waals surface area contributed by atoms with Crippen molar-refractivity contribution >= 4 is 40.0 Å². The number of benzene rings is 2. The largest absolute Gasteiger partial charge is 1.00 e. The number of thioether (sulfide) groups is 1. The van der Waals surface area contributed by atoms with Crippen LogP contribution in [0.25, 0.3) is 33.8 Å². The minimum atomic E-state index is -0.232. The van der Waals surface area contributed by atoms with Crippen LogP contribution in [0.1, 0.15) is 8.35 Å². The van der Waals surface area contributed by atoms with E-state index in [-0.39, 0.29) is 24.1 Å². The number of hydrogen-bond donors (Lipinski definition) is 1. The third-order valence-corrected chi connectivity index (χ3v) is 7.24. The Hall–Kier alpha value is -4.49. The van der Waals surface area contributed by atoms with Crippen LogP contribution in [0.2, 0.25) is 0 Å². The van der Waals surface area contributed by atoms with Gasteiger partial charge in [-0.25, -0.2) is 19.7 Å². The molecule has 0 aliphatic heterocycles. The first-order chi connectivity index (χ1) is 20.5. The number of aromatic amines is 1. The number of imidazole rings is 2. The zero-order valence-electron chi connectivity index (χ0n) is 25.2. The molecule has 4 heterocycles. The standard InChI is InChI=1S/C16H17N3O2S.C14H13N3O3.BrH.H/c1-4-22-16-18-12(10-15-17-7-8-19(15)16)11-5-6-13(20-2)14(9-11)21-3;1-19-11-4-3-9(7-12(11)20-2)10-8-13-15-5-6-17(13)14(18)16-10;;/h5-10H,4H2,1-3H3;3-8H,1-2H3,(H,16,18);1H;/q;;;-1. The molecular weight excluding hydrogens is 636 g/mol. The number of hydrogen-bond acceptors (Lipinski definition) is 9. The molecule has 0 aliphatic carbocycles. The van der Waals surface area contributed by atoms with Crippen LogP contribution in [0.3, 0.4) is 0 Å². The number of ether oxygens (including phenoxy) is 4. The Bertz CT molecular complexity index is 1910. The summed E-state index contributed by atoms with van der Waals surface area (Å²) in [5.41, 5.74) is 4.59. The highest BCUT2D eigenvalue weighted by atomic mass is 79.9. The number of nitrogens with zero attached hydrogens (tertiary/aromatic N) is 5. The fourth-order valence-electron chi connectivity index (χ4n) is 4.36. The molecular formula is C30H32BrN6O5S-. The van der Waals surface area contributed by atoms with Crippen molar-refractivity contribution < 1.29 is 20.4 Å². The highest BCUT2D eigenvalue weighted by Gasteiger charge is 2.12. The second-order valence-corrected chi connectivity index (χ2v) is 10.0. The highest BCUT2D eigenvalue weighted by Crippen LogP contribution is 2.33. The lowest BCUT2D eigenvalue weighted by atomic mass is 10.1. The first-order valence-corrected chi connectivity index (χ1v) is 14.0. The predicted octanol–water partition coefficient (Wildman–Crippen LogP) is 5.92. The van der Waals surface area contributed by atoms with Crippen LogP contribution in [-0.4, -0.2) is 62.9 Å². The number of methoxy groups -OCH3 is 4. The van der Waals surface area contributed by atoms with Gasteiger partial charge in [0.15, 0.2) is 28.2 Å². The molecule has 0 radical (unpaired) electrons. The number of halogens is 1. The minimum absolute atomic E-state index is 0. The number of fused-ring (bicyclic) bond motifs is 2. The molecule has 0 spiro atoms. The van der Waals surface area contributed by atoms with Gasteiger partial charge in [-0.05, 0) is 42.2 Å². The molecule has 2 aromatic carbocycles. The molecule has 11 nitrogen and oxygen atoms in total. The Kier molecular flexibility index (Phi) is 10.3. The Morgan fingerprint density at radius 1 is 0.767 bits per heavy atom. The maximum Gasteiger partial charge on any atom is 0.331 e. The Morgan fingerprint density at radius 3 is 1.93 bits per heavy atom. The van der Waals surface area contributed by atoms with Crippen molar-refractivity contribution in [3.8, 4) is 45.5 Å². The van der Waals surface area contributed by atoms with E-state index in [4.69, 9.17) is 23.9 Å². The Balaban J connectivity index is 0.000000231. The van der Waals surface area contributed by atoms with E-state index in [0.29, 0.717) is 34.3 Å². The summed E-state index contributed by atoms with van der Waals surface area (Å²) in [6, 6.07) is 15.0. The molecule has 6 rings (SSSR count). The van der Waals surface area contributed by atoms with Gasteiger partial charge >= 0.3 is 5.69 Å². The third-order valence-electron chi connectivity index (χ3n) is 6.41. The second-order valence-electron chi connectivity index (χ2n) is 8.80. The van der Waals surface area contributed by atoms with Gasteiger partial charge in [0, 0.05) is 48.0 Å². The summed E-state index contributed by atoms with van der Waals surface area (Å²) in [6.45, 7) is 2.11. The fraction of sp³-hybridized carbons (Fsp3) is 0.200. The van der Waals surface area contributed by atoms with Crippen LogP contribution in [0.15, 0.2) is 83.3 Å². The van der Waals surface area contributed by atoms with E-state index in [1.54, 1.807) is 64.9 Å². The summed E-state index contributed by atoms with van der Waals surface area (Å²) >= 11 is 1.69. The quantitative estimate of drug-likeness (QED) is 0.156. The number of aromatic nitrogens is 6. The molecule has 6 aromatic rings. The zero-order chi connectivity index (χ0) is 29.6. The normalized spacial score (nSPS) is 10.5. The van der Waals surface area contributed by atoms with E-state index in [0.717, 1.165) is 33.4 Å². The van der Waals surface area contributed by atoms with E-state index >= 15 is 0 Å². The van der Waals surface area contributed by atoms with E-state index in [1.807, 2.05) is 53.1 Å². The molecule has 0 aliphatic rings. The van der Waals surface area contributed by atoms with Gasteiger partial charge in [-0.1, -0.05) is 18.7 Å². The maximum absolute atomic E-state index is 11.9. The van der Waals surface area contributed by atoms with Crippen LogP contribution in [0, 0.1) is 0 Å². The molecule has 0 saturated heterocycles. The summed E-state index contributed by atoms with van der Waals surface area (Å²) in [7, 11) is 6.41. The molecule has 0 atom stereocenters. The van der Waals surface area contributed by atoms with Crippen molar-refractivity contribution in [1.82, 2.24) is 28.7 Å². The van der Waals surface area contributed by atoms with Gasteiger partial charge in [-0.3, -0.25) is 8.80 Å². The summed E-state index contributed by atoms with van der Waals surface area (Å²) in [5, 5.41) is 0.933. The smallest absolute Gasteiger partial charge is 0.331 e. The van der Waals surface area contributed by atoms with E-state index < -0.39 is 0 Å². The average Bonchev–Trinajstić information content (AvgIpc) is 3.71. The summed E-state index contributed by atoms with van der Waals surface area (Å²) in [5.74, 6) is 3.59. The molecule has 226 valence electrons. The lowest BCUT2D eigenvalue weighted by Crippen LogP contribution is -2.15. The van der Waals surface area contributed by atoms with Crippen molar-refractivity contribution in [2.75, 3.05) is 34.2 Å². The van der Waals surface area contributed by atoms with Crippen LogP contribution < -0.4 is 24.6 Å². The summed E-state index contributed by atoms with van der Waals surface area (Å²) in [6.07, 6.45) is 6.92. The SMILES string of the molecule is Br.CCSc1nc(-c2ccc(OC)c(OC)c2)cc2nccn12.COc1ccc(-c2cc3nccn3c(=O)[nH]2)cc1OC.[H-]. The van der Waals surface area contributed by atoms with Gasteiger partial charge in [0.2, 0.25) is 0 Å². The average molecular weight is 669 g/mol. The van der Waals surface area contributed by atoms with Crippen LogP contribution in [0.4, 0.5) is 0 Å². The maximum atomic E-state index is 11.9. The first-order valence-electron chi connectivity index (χ1n) is 13.0. The molecule has 0 saturated carbocycles. The van der Waals surface area contributed by atoms with Crippen LogP contribution in [0.5, 0.6) is 23.0 Å². The fourth-order valence-corrected chi connectivity index (χ4v) is 5.08. The summed E-state index contributed by atoms with van der Waals surface area (Å²) < 4.78 is 24.6. The molecule has 0 bridgehead atoms. The highest BCUT2D eigenvalue weighted by molar-refractivity contribution is 8.93. The van der Waals surface area contributed by atoms with Gasteiger partial charge in [-0.2, -0.15) is 0 Å². The van der Waals surface area contributed by atoms with Crippen molar-refractivity contribution in [2.24, 2.45) is 0 Å². The van der Waals surface area contributed by atoms with E-state index in [2.05, 4.69) is 21.9 Å². The second kappa shape index (κ2) is 14.1. The lowest BCUT2D eigenvalue weighted by molar-refractivity contribution is 0.355. The van der Waals surface area contributed by atoms with Crippen molar-refractivity contribution in [2.45, 2.75) is 12.1 Å². The number of rotatable bonds is 8. The predicted molar refractivity (Wildman–Crippen MR) is 174 cm³/mol. The first kappa shape index (κ1) is 31.4. The molecule has 43 heavy (non-hydrogen) atoms. The lowest BCUT2D eigenvalue weighted by Gasteiger charge is -2.11. The Labute approximate surface area is 264 Å². The number of nitrogens with one attached hydrogen (secondary N) is 1. The molecule has 0 fully saturated rings. The molecule has 13 heteroatoms. The molecule has 0 amide bonds. The summed E-state index contributed by atoms with van der Waals surface area (Å²) in [4.78, 5) is 28.0. The van der Waals surface area contributed by atoms with Gasteiger partial charge < -0.3 is 25.4 Å². The monoisotopic (exact) mass is 667 g/mol. The van der Waals surface area contributed by atoms with E-state index in [1.165, 1.54) is 4.40 Å². The van der Waals surface area contributed by atoms with Crippen LogP contribution >= 0.6 is 28.7 Å². The van der Waals surface area contributed by atoms with Crippen molar-refractivity contribution in [3.05, 3.63) is 83.8 Å². The van der Waals surface area contributed by atoms with Gasteiger partial charge in [0.25, 0.3) is 0 Å². The number of H-pyrrole nitrogens is 1. The molecule has 1 N–H and O–H groups in total. The molecule has 0 unspecified atom stereocenters. The van der Waals surface area contributed by atoms with Crippen LogP contribution in [-0.2, 0) is 0 Å². The minimum Gasteiger partial charge on any atom is -1.00 e. The van der Waals surface area contributed by atoms with Crippen molar-refractivity contribution in [3.63, 3.8) is 0 Å². The Morgan fingerprint density at radius 2 is 1.33 bits per heavy atom. The zero-order valence-corrected chi connectivity index (χ0v) is 26.8. The van der Waals surface area contributed by atoms with Gasteiger partial charge in [0.1, 0.15) is 11.3 Å². The van der Waals surface area contributed by atoms with E-state index in [9.17, 15) is 4.79 Å². The third kappa shape index (κ3) is 6.62. The van der Waals surface area contributed by atoms with Crippen molar-refractivity contribution in [1.29, 1.82) is 0 Å². The topological polar surface area (TPSA) is 117 Å². The van der Waals surface area contributed by atoms with Gasteiger partial charge in [0.05, 0.1) is 39.8 Å². The molecule has 4 aromatic heterocycles.